The number of halogens is 2. The molecule has 1 unspecified atom stereocenters. The van der Waals surface area contributed by atoms with Crippen molar-refractivity contribution in [3.63, 3.8) is 0 Å². The van der Waals surface area contributed by atoms with Gasteiger partial charge in [-0.1, -0.05) is 11.6 Å². The third kappa shape index (κ3) is 2.87. The van der Waals surface area contributed by atoms with Gasteiger partial charge < -0.3 is 5.32 Å². The van der Waals surface area contributed by atoms with Gasteiger partial charge in [-0.3, -0.25) is 0 Å². The summed E-state index contributed by atoms with van der Waals surface area (Å²) in [5, 5.41) is 5.44. The molecule has 1 nitrogen and oxygen atoms in total. The van der Waals surface area contributed by atoms with E-state index in [2.05, 4.69) is 38.8 Å². The summed E-state index contributed by atoms with van der Waals surface area (Å²) in [5.41, 5.74) is 0. The van der Waals surface area contributed by atoms with Crippen LogP contribution in [0.4, 0.5) is 0 Å². The zero-order valence-electron chi connectivity index (χ0n) is 8.67. The van der Waals surface area contributed by atoms with Crippen molar-refractivity contribution in [2.24, 2.45) is 0 Å². The molecule has 0 saturated heterocycles. The predicted molar refractivity (Wildman–Crippen MR) is 76.9 cm³/mol. The molecule has 0 bridgehead atoms. The molecular weight excluding hydrogens is 326 g/mol. The fourth-order valence-corrected chi connectivity index (χ4v) is 4.25. The molecule has 0 spiro atoms. The Balaban J connectivity index is 2.15. The van der Waals surface area contributed by atoms with Crippen LogP contribution in [0.5, 0.6) is 0 Å². The molecular formula is C11H11BrClNS2. The van der Waals surface area contributed by atoms with Crippen molar-refractivity contribution in [1.82, 2.24) is 5.32 Å². The Morgan fingerprint density at radius 3 is 2.75 bits per heavy atom. The van der Waals surface area contributed by atoms with Crippen LogP contribution in [-0.4, -0.2) is 7.05 Å². The first-order chi connectivity index (χ1) is 7.70. The van der Waals surface area contributed by atoms with Gasteiger partial charge in [0.2, 0.25) is 0 Å². The Morgan fingerprint density at radius 1 is 1.44 bits per heavy atom. The summed E-state index contributed by atoms with van der Waals surface area (Å²) in [6.45, 7) is 0. The number of nitrogens with one attached hydrogen (secondary N) is 1. The lowest BCUT2D eigenvalue weighted by Crippen LogP contribution is -2.17. The Morgan fingerprint density at radius 2 is 2.25 bits per heavy atom. The first-order valence-electron chi connectivity index (χ1n) is 4.85. The van der Waals surface area contributed by atoms with Crippen LogP contribution in [-0.2, 0) is 6.42 Å². The van der Waals surface area contributed by atoms with Crippen molar-refractivity contribution in [3.8, 4) is 0 Å². The van der Waals surface area contributed by atoms with Gasteiger partial charge in [0.15, 0.2) is 0 Å². The fourth-order valence-electron chi connectivity index (χ4n) is 1.52. The van der Waals surface area contributed by atoms with E-state index in [-0.39, 0.29) is 0 Å². The number of hydrogen-bond donors (Lipinski definition) is 1. The molecule has 0 radical (unpaired) electrons. The minimum atomic E-state index is 0.340. The summed E-state index contributed by atoms with van der Waals surface area (Å²) >= 11 is 12.9. The van der Waals surface area contributed by atoms with E-state index < -0.39 is 0 Å². The van der Waals surface area contributed by atoms with E-state index in [4.69, 9.17) is 11.6 Å². The standard InChI is InChI=1S/C11H11BrClNS2/c1-14-8(9-2-3-11(13)16-9)6-10-7(12)4-5-15-10/h2-5,8,14H,6H2,1H3. The van der Waals surface area contributed by atoms with Gasteiger partial charge in [-0.05, 0) is 46.6 Å². The van der Waals surface area contributed by atoms with E-state index in [1.807, 2.05) is 13.1 Å². The third-order valence-corrected chi connectivity index (χ3v) is 5.66. The van der Waals surface area contributed by atoms with Crippen LogP contribution in [0.1, 0.15) is 15.8 Å². The molecule has 0 aromatic carbocycles. The lowest BCUT2D eigenvalue weighted by atomic mass is 10.1. The highest BCUT2D eigenvalue weighted by atomic mass is 79.9. The molecule has 1 N–H and O–H groups in total. The van der Waals surface area contributed by atoms with Gasteiger partial charge in [0.1, 0.15) is 0 Å². The van der Waals surface area contributed by atoms with Gasteiger partial charge in [0.05, 0.1) is 4.34 Å². The highest BCUT2D eigenvalue weighted by molar-refractivity contribution is 9.10. The lowest BCUT2D eigenvalue weighted by molar-refractivity contribution is 0.606. The van der Waals surface area contributed by atoms with Crippen LogP contribution in [0.15, 0.2) is 28.1 Å². The molecule has 86 valence electrons. The molecule has 16 heavy (non-hydrogen) atoms. The molecule has 2 rings (SSSR count). The Kier molecular flexibility index (Phi) is 4.44. The monoisotopic (exact) mass is 335 g/mol. The summed E-state index contributed by atoms with van der Waals surface area (Å²) < 4.78 is 2.04. The molecule has 5 heteroatoms. The Hall–Kier alpha value is 0.130. The Bertz CT molecular complexity index is 466. The molecule has 2 heterocycles. The summed E-state index contributed by atoms with van der Waals surface area (Å²) in [6.07, 6.45) is 0.992. The normalized spacial score (nSPS) is 12.9. The van der Waals surface area contributed by atoms with E-state index in [1.165, 1.54) is 14.2 Å². The molecule has 0 aliphatic carbocycles. The average molecular weight is 337 g/mol. The van der Waals surface area contributed by atoms with Crippen molar-refractivity contribution in [2.75, 3.05) is 7.05 Å². The van der Waals surface area contributed by atoms with Gasteiger partial charge >= 0.3 is 0 Å². The van der Waals surface area contributed by atoms with Crippen molar-refractivity contribution < 1.29 is 0 Å². The van der Waals surface area contributed by atoms with Gasteiger partial charge in [-0.25, -0.2) is 0 Å². The van der Waals surface area contributed by atoms with Crippen LogP contribution in [0, 0.1) is 0 Å². The fraction of sp³-hybridized carbons (Fsp3) is 0.273. The summed E-state index contributed by atoms with van der Waals surface area (Å²) in [6, 6.07) is 6.48. The summed E-state index contributed by atoms with van der Waals surface area (Å²) in [5.74, 6) is 0. The number of thiophene rings is 2. The van der Waals surface area contributed by atoms with E-state index >= 15 is 0 Å². The summed E-state index contributed by atoms with van der Waals surface area (Å²) in [4.78, 5) is 2.65. The maximum absolute atomic E-state index is 5.96. The largest absolute Gasteiger partial charge is 0.312 e. The van der Waals surface area contributed by atoms with Gasteiger partial charge in [0.25, 0.3) is 0 Å². The smallest absolute Gasteiger partial charge is 0.0931 e. The van der Waals surface area contributed by atoms with Crippen molar-refractivity contribution in [2.45, 2.75) is 12.5 Å². The number of hydrogen-bond acceptors (Lipinski definition) is 3. The second kappa shape index (κ2) is 5.65. The van der Waals surface area contributed by atoms with Crippen LogP contribution >= 0.6 is 50.2 Å². The van der Waals surface area contributed by atoms with Gasteiger partial charge in [0, 0.05) is 26.7 Å². The molecule has 2 aromatic heterocycles. The topological polar surface area (TPSA) is 12.0 Å². The third-order valence-electron chi connectivity index (χ3n) is 2.37. The second-order valence-corrected chi connectivity index (χ2v) is 6.98. The second-order valence-electron chi connectivity index (χ2n) is 3.38. The van der Waals surface area contributed by atoms with Crippen LogP contribution in [0.25, 0.3) is 0 Å². The SMILES string of the molecule is CNC(Cc1sccc1Br)c1ccc(Cl)s1. The number of likely N-dealkylation sites (N-methyl/N-ethyl adjacent to an activating group) is 1. The van der Waals surface area contributed by atoms with Gasteiger partial charge in [-0.2, -0.15) is 0 Å². The van der Waals surface area contributed by atoms with Crippen molar-refractivity contribution in [3.05, 3.63) is 42.1 Å². The summed E-state index contributed by atoms with van der Waals surface area (Å²) in [7, 11) is 1.99. The van der Waals surface area contributed by atoms with Crippen LogP contribution < -0.4 is 5.32 Å². The highest BCUT2D eigenvalue weighted by Gasteiger charge is 2.14. The van der Waals surface area contributed by atoms with Crippen LogP contribution in [0.2, 0.25) is 4.34 Å². The van der Waals surface area contributed by atoms with Crippen molar-refractivity contribution >= 4 is 50.2 Å². The molecule has 0 fully saturated rings. The zero-order chi connectivity index (χ0) is 11.5. The Labute approximate surface area is 117 Å². The molecule has 0 aliphatic rings. The lowest BCUT2D eigenvalue weighted by Gasteiger charge is -2.13. The quantitative estimate of drug-likeness (QED) is 0.851. The highest BCUT2D eigenvalue weighted by Crippen LogP contribution is 2.32. The first kappa shape index (κ1) is 12.6. The molecule has 0 amide bonds. The van der Waals surface area contributed by atoms with E-state index in [0.29, 0.717) is 6.04 Å². The maximum atomic E-state index is 5.96. The zero-order valence-corrected chi connectivity index (χ0v) is 12.6. The first-order valence-corrected chi connectivity index (χ1v) is 7.71. The van der Waals surface area contributed by atoms with Gasteiger partial charge in [-0.15, -0.1) is 22.7 Å². The molecule has 2 aromatic rings. The van der Waals surface area contributed by atoms with E-state index in [0.717, 1.165) is 10.8 Å². The minimum absolute atomic E-state index is 0.340. The van der Waals surface area contributed by atoms with Crippen LogP contribution in [0.3, 0.4) is 0 Å². The van der Waals surface area contributed by atoms with E-state index in [9.17, 15) is 0 Å². The molecule has 0 saturated carbocycles. The molecule has 0 aliphatic heterocycles. The van der Waals surface area contributed by atoms with Crippen molar-refractivity contribution in [1.29, 1.82) is 0 Å². The van der Waals surface area contributed by atoms with E-state index in [1.54, 1.807) is 22.7 Å². The average Bonchev–Trinajstić information content (AvgIpc) is 2.85. The predicted octanol–water partition coefficient (Wildman–Crippen LogP) is 4.73. The molecule has 1 atom stereocenters. The maximum Gasteiger partial charge on any atom is 0.0931 e. The minimum Gasteiger partial charge on any atom is -0.312 e. The number of rotatable bonds is 4.